The van der Waals surface area contributed by atoms with Crippen molar-refractivity contribution < 1.29 is 0 Å². The zero-order chi connectivity index (χ0) is 11.7. The van der Waals surface area contributed by atoms with Gasteiger partial charge in [-0.3, -0.25) is 0 Å². The number of piperidine rings is 1. The van der Waals surface area contributed by atoms with Crippen LogP contribution in [0.4, 0.5) is 5.82 Å². The van der Waals surface area contributed by atoms with E-state index in [2.05, 4.69) is 33.9 Å². The number of nitrogens with one attached hydrogen (secondary N) is 1. The molecule has 0 amide bonds. The summed E-state index contributed by atoms with van der Waals surface area (Å²) in [6.07, 6.45) is 1.24. The monoisotopic (exact) mass is 222 g/mol. The second-order valence-corrected chi connectivity index (χ2v) is 4.90. The normalized spacial score (nSPS) is 25.8. The fourth-order valence-corrected chi connectivity index (χ4v) is 2.52. The molecule has 5 nitrogen and oxygen atoms in total. The van der Waals surface area contributed by atoms with Gasteiger partial charge in [-0.15, -0.1) is 0 Å². The Morgan fingerprint density at radius 2 is 1.94 bits per heavy atom. The fourth-order valence-electron chi connectivity index (χ4n) is 2.52. The molecule has 1 saturated heterocycles. The molecule has 1 aliphatic rings. The van der Waals surface area contributed by atoms with E-state index in [1.165, 1.54) is 6.42 Å². The summed E-state index contributed by atoms with van der Waals surface area (Å²) in [5.41, 5.74) is 0.423. The van der Waals surface area contributed by atoms with E-state index >= 15 is 0 Å². The molecule has 0 radical (unpaired) electrons. The van der Waals surface area contributed by atoms with Gasteiger partial charge >= 0.3 is 5.69 Å². The largest absolute Gasteiger partial charge is 0.363 e. The van der Waals surface area contributed by atoms with Crippen LogP contribution in [-0.2, 0) is 0 Å². The summed E-state index contributed by atoms with van der Waals surface area (Å²) in [5.74, 6) is 2.02. The van der Waals surface area contributed by atoms with Crippen LogP contribution >= 0.6 is 0 Å². The van der Waals surface area contributed by atoms with E-state index in [-0.39, 0.29) is 5.69 Å². The molecular formula is C11H18N4O. The standard InChI is InChI=1S/C11H18N4O/c1-7-4-8(2)6-15(5-7)10-9(3)13-14-11(16)12-10/h7-8H,4-6H2,1-3H3,(H,12,14,16)/t7-,8-/m1/s1. The second kappa shape index (κ2) is 4.23. The van der Waals surface area contributed by atoms with E-state index in [1.807, 2.05) is 6.92 Å². The molecule has 0 aromatic carbocycles. The van der Waals surface area contributed by atoms with Crippen molar-refractivity contribution in [2.45, 2.75) is 27.2 Å². The highest BCUT2D eigenvalue weighted by Gasteiger charge is 2.24. The summed E-state index contributed by atoms with van der Waals surface area (Å²) in [6, 6.07) is 0. The third-order valence-corrected chi connectivity index (χ3v) is 3.02. The fraction of sp³-hybridized carbons (Fsp3) is 0.727. The Bertz CT molecular complexity index is 418. The van der Waals surface area contributed by atoms with Crippen molar-refractivity contribution in [2.75, 3.05) is 18.0 Å². The number of hydrogen-bond acceptors (Lipinski definition) is 4. The number of hydrogen-bond donors (Lipinski definition) is 1. The van der Waals surface area contributed by atoms with E-state index in [0.717, 1.165) is 24.6 Å². The van der Waals surface area contributed by atoms with E-state index in [9.17, 15) is 4.79 Å². The molecule has 5 heteroatoms. The van der Waals surface area contributed by atoms with Crippen LogP contribution in [0.15, 0.2) is 4.79 Å². The van der Waals surface area contributed by atoms with Gasteiger partial charge in [-0.05, 0) is 25.2 Å². The number of H-pyrrole nitrogens is 1. The lowest BCUT2D eigenvalue weighted by molar-refractivity contribution is 0.354. The first-order valence-electron chi connectivity index (χ1n) is 5.74. The summed E-state index contributed by atoms with van der Waals surface area (Å²) in [5, 5.41) is 6.32. The Hall–Kier alpha value is -1.39. The lowest BCUT2D eigenvalue weighted by atomic mass is 9.92. The molecule has 2 heterocycles. The first-order valence-corrected chi connectivity index (χ1v) is 5.74. The van der Waals surface area contributed by atoms with Gasteiger partial charge in [0.1, 0.15) is 5.69 Å². The quantitative estimate of drug-likeness (QED) is 0.768. The van der Waals surface area contributed by atoms with Crippen LogP contribution in [0.5, 0.6) is 0 Å². The SMILES string of the molecule is Cc1n[nH]c(=O)nc1N1C[C@H](C)C[C@@H](C)C1. The molecule has 1 aromatic rings. The van der Waals surface area contributed by atoms with Crippen LogP contribution in [0.2, 0.25) is 0 Å². The van der Waals surface area contributed by atoms with E-state index < -0.39 is 0 Å². The molecule has 1 aromatic heterocycles. The maximum Gasteiger partial charge on any atom is 0.363 e. The molecule has 1 N–H and O–H groups in total. The summed E-state index contributed by atoms with van der Waals surface area (Å²) in [4.78, 5) is 17.4. The van der Waals surface area contributed by atoms with E-state index in [1.54, 1.807) is 0 Å². The highest BCUT2D eigenvalue weighted by atomic mass is 16.1. The Balaban J connectivity index is 2.29. The first-order chi connectivity index (χ1) is 7.56. The van der Waals surface area contributed by atoms with Gasteiger partial charge in [0, 0.05) is 13.1 Å². The molecular weight excluding hydrogens is 204 g/mol. The van der Waals surface area contributed by atoms with Crippen molar-refractivity contribution in [3.05, 3.63) is 16.2 Å². The van der Waals surface area contributed by atoms with Crippen molar-refractivity contribution >= 4 is 5.82 Å². The van der Waals surface area contributed by atoms with Gasteiger partial charge in [0.2, 0.25) is 0 Å². The zero-order valence-electron chi connectivity index (χ0n) is 10.0. The molecule has 0 saturated carbocycles. The number of aromatic nitrogens is 3. The van der Waals surface area contributed by atoms with Crippen molar-refractivity contribution in [1.29, 1.82) is 0 Å². The van der Waals surface area contributed by atoms with Crippen LogP contribution < -0.4 is 10.6 Å². The molecule has 2 atom stereocenters. The van der Waals surface area contributed by atoms with Crippen LogP contribution in [0, 0.1) is 18.8 Å². The smallest absolute Gasteiger partial charge is 0.354 e. The number of nitrogens with zero attached hydrogens (tertiary/aromatic N) is 3. The molecule has 88 valence electrons. The van der Waals surface area contributed by atoms with Crippen LogP contribution in [0.3, 0.4) is 0 Å². The van der Waals surface area contributed by atoms with Crippen molar-refractivity contribution in [2.24, 2.45) is 11.8 Å². The number of anilines is 1. The minimum Gasteiger partial charge on any atom is -0.354 e. The predicted octanol–water partition coefficient (Wildman–Crippen LogP) is 0.956. The van der Waals surface area contributed by atoms with Crippen molar-refractivity contribution in [1.82, 2.24) is 15.2 Å². The van der Waals surface area contributed by atoms with Crippen LogP contribution in [-0.4, -0.2) is 28.3 Å². The highest BCUT2D eigenvalue weighted by molar-refractivity contribution is 5.42. The lowest BCUT2D eigenvalue weighted by Crippen LogP contribution is -2.40. The van der Waals surface area contributed by atoms with Gasteiger partial charge in [-0.1, -0.05) is 13.8 Å². The average Bonchev–Trinajstić information content (AvgIpc) is 2.20. The lowest BCUT2D eigenvalue weighted by Gasteiger charge is -2.35. The average molecular weight is 222 g/mol. The van der Waals surface area contributed by atoms with Crippen molar-refractivity contribution in [3.63, 3.8) is 0 Å². The summed E-state index contributed by atoms with van der Waals surface area (Å²) in [6.45, 7) is 8.27. The zero-order valence-corrected chi connectivity index (χ0v) is 10.0. The Morgan fingerprint density at radius 1 is 1.31 bits per heavy atom. The van der Waals surface area contributed by atoms with Gasteiger partial charge in [0.15, 0.2) is 5.82 Å². The van der Waals surface area contributed by atoms with Crippen molar-refractivity contribution in [3.8, 4) is 0 Å². The molecule has 0 unspecified atom stereocenters. The van der Waals surface area contributed by atoms with Gasteiger partial charge < -0.3 is 4.90 Å². The minimum absolute atomic E-state index is 0.369. The third-order valence-electron chi connectivity index (χ3n) is 3.02. The van der Waals surface area contributed by atoms with Gasteiger partial charge in [-0.25, -0.2) is 9.89 Å². The minimum atomic E-state index is -0.369. The topological polar surface area (TPSA) is 61.9 Å². The summed E-state index contributed by atoms with van der Waals surface area (Å²) < 4.78 is 0. The van der Waals surface area contributed by atoms with E-state index in [0.29, 0.717) is 11.8 Å². The molecule has 0 spiro atoms. The van der Waals surface area contributed by atoms with Gasteiger partial charge in [0.25, 0.3) is 0 Å². The molecule has 1 aliphatic heterocycles. The number of rotatable bonds is 1. The summed E-state index contributed by atoms with van der Waals surface area (Å²) >= 11 is 0. The summed E-state index contributed by atoms with van der Waals surface area (Å²) in [7, 11) is 0. The molecule has 0 aliphatic carbocycles. The maximum atomic E-state index is 11.2. The second-order valence-electron chi connectivity index (χ2n) is 4.90. The van der Waals surface area contributed by atoms with Gasteiger partial charge in [-0.2, -0.15) is 10.1 Å². The molecule has 1 fully saturated rings. The molecule has 0 bridgehead atoms. The Kier molecular flexibility index (Phi) is 2.94. The first kappa shape index (κ1) is 11.1. The third kappa shape index (κ3) is 2.23. The predicted molar refractivity (Wildman–Crippen MR) is 62.5 cm³/mol. The maximum absolute atomic E-state index is 11.2. The Morgan fingerprint density at radius 3 is 2.56 bits per heavy atom. The number of aromatic amines is 1. The van der Waals surface area contributed by atoms with Crippen LogP contribution in [0.25, 0.3) is 0 Å². The van der Waals surface area contributed by atoms with Gasteiger partial charge in [0.05, 0.1) is 0 Å². The van der Waals surface area contributed by atoms with E-state index in [4.69, 9.17) is 0 Å². The van der Waals surface area contributed by atoms with Crippen LogP contribution in [0.1, 0.15) is 26.0 Å². The highest BCUT2D eigenvalue weighted by Crippen LogP contribution is 2.25. The molecule has 16 heavy (non-hydrogen) atoms. The molecule has 2 rings (SSSR count). The number of aryl methyl sites for hydroxylation is 1. The Labute approximate surface area is 94.9 Å².